The van der Waals surface area contributed by atoms with Crippen LogP contribution in [0.4, 0.5) is 5.69 Å². The highest BCUT2D eigenvalue weighted by Crippen LogP contribution is 2.26. The summed E-state index contributed by atoms with van der Waals surface area (Å²) >= 11 is 24.3. The van der Waals surface area contributed by atoms with Crippen LogP contribution in [0.1, 0.15) is 11.1 Å². The van der Waals surface area contributed by atoms with Gasteiger partial charge in [-0.05, 0) is 42.0 Å². The number of anilines is 1. The summed E-state index contributed by atoms with van der Waals surface area (Å²) < 4.78 is 1.86. The summed E-state index contributed by atoms with van der Waals surface area (Å²) in [6.45, 7) is 4.84. The first-order valence-corrected chi connectivity index (χ1v) is 11.5. The Hall–Kier alpha value is -1.83. The van der Waals surface area contributed by atoms with Gasteiger partial charge in [-0.2, -0.15) is 5.10 Å². The number of halogens is 3. The van der Waals surface area contributed by atoms with E-state index in [1.807, 2.05) is 53.3 Å². The highest BCUT2D eigenvalue weighted by molar-refractivity contribution is 7.80. The van der Waals surface area contributed by atoms with E-state index in [9.17, 15) is 0 Å². The summed E-state index contributed by atoms with van der Waals surface area (Å²) in [5.41, 5.74) is 2.95. The van der Waals surface area contributed by atoms with Crippen molar-refractivity contribution in [1.82, 2.24) is 19.6 Å². The lowest BCUT2D eigenvalue weighted by atomic mass is 10.2. The molecule has 0 radical (unpaired) electrons. The Morgan fingerprint density at radius 1 is 0.968 bits per heavy atom. The number of piperazine rings is 1. The van der Waals surface area contributed by atoms with Crippen LogP contribution in [-0.4, -0.2) is 50.9 Å². The van der Waals surface area contributed by atoms with E-state index >= 15 is 0 Å². The molecular formula is C22H22Cl3N5S. The maximum atomic E-state index is 6.31. The summed E-state index contributed by atoms with van der Waals surface area (Å²) in [6.07, 6.45) is 3.73. The fourth-order valence-electron chi connectivity index (χ4n) is 3.56. The molecule has 1 aromatic heterocycles. The van der Waals surface area contributed by atoms with E-state index in [1.165, 1.54) is 0 Å². The smallest absolute Gasteiger partial charge is 0.173 e. The minimum atomic E-state index is 0.651. The molecule has 5 nitrogen and oxygen atoms in total. The van der Waals surface area contributed by atoms with Gasteiger partial charge in [-0.3, -0.25) is 9.58 Å². The molecule has 31 heavy (non-hydrogen) atoms. The molecule has 4 rings (SSSR count). The van der Waals surface area contributed by atoms with Gasteiger partial charge in [-0.25, -0.2) is 0 Å². The van der Waals surface area contributed by atoms with E-state index in [2.05, 4.69) is 20.2 Å². The van der Waals surface area contributed by atoms with Gasteiger partial charge in [0.1, 0.15) is 0 Å². The van der Waals surface area contributed by atoms with Crippen molar-refractivity contribution in [2.45, 2.75) is 13.1 Å². The van der Waals surface area contributed by atoms with Crippen LogP contribution < -0.4 is 5.32 Å². The first-order chi connectivity index (χ1) is 15.0. The molecule has 162 valence electrons. The van der Waals surface area contributed by atoms with Crippen LogP contribution in [0.2, 0.25) is 15.1 Å². The van der Waals surface area contributed by atoms with Crippen LogP contribution in [0.25, 0.3) is 0 Å². The lowest BCUT2D eigenvalue weighted by Crippen LogP contribution is -2.49. The lowest BCUT2D eigenvalue weighted by Gasteiger charge is -2.36. The Labute approximate surface area is 202 Å². The Morgan fingerprint density at radius 2 is 1.68 bits per heavy atom. The van der Waals surface area contributed by atoms with E-state index in [1.54, 1.807) is 6.20 Å². The van der Waals surface area contributed by atoms with Crippen LogP contribution in [-0.2, 0) is 13.1 Å². The summed E-state index contributed by atoms with van der Waals surface area (Å²) in [5.74, 6) is 0. The minimum Gasteiger partial charge on any atom is -0.346 e. The molecule has 2 heterocycles. The number of nitrogens with one attached hydrogen (secondary N) is 1. The predicted molar refractivity (Wildman–Crippen MR) is 132 cm³/mol. The Morgan fingerprint density at radius 3 is 2.39 bits per heavy atom. The predicted octanol–water partition coefficient (Wildman–Crippen LogP) is 5.41. The fraction of sp³-hybridized carbons (Fsp3) is 0.273. The topological polar surface area (TPSA) is 36.3 Å². The van der Waals surface area contributed by atoms with E-state index in [0.29, 0.717) is 21.7 Å². The van der Waals surface area contributed by atoms with Crippen molar-refractivity contribution in [1.29, 1.82) is 0 Å². The van der Waals surface area contributed by atoms with Crippen molar-refractivity contribution < 1.29 is 0 Å². The highest BCUT2D eigenvalue weighted by Gasteiger charge is 2.20. The van der Waals surface area contributed by atoms with Gasteiger partial charge in [0.25, 0.3) is 0 Å². The monoisotopic (exact) mass is 493 g/mol. The maximum Gasteiger partial charge on any atom is 0.173 e. The molecule has 0 spiro atoms. The second-order valence-electron chi connectivity index (χ2n) is 7.45. The van der Waals surface area contributed by atoms with Crippen LogP contribution in [0.15, 0.2) is 54.9 Å². The van der Waals surface area contributed by atoms with Gasteiger partial charge >= 0.3 is 0 Å². The Bertz CT molecular complexity index is 1040. The molecule has 1 saturated heterocycles. The molecule has 0 bridgehead atoms. The zero-order valence-corrected chi connectivity index (χ0v) is 19.9. The van der Waals surface area contributed by atoms with Gasteiger partial charge in [-0.15, -0.1) is 0 Å². The van der Waals surface area contributed by atoms with Crippen molar-refractivity contribution in [2.24, 2.45) is 0 Å². The van der Waals surface area contributed by atoms with Gasteiger partial charge in [0, 0.05) is 59.6 Å². The molecule has 2 aromatic carbocycles. The summed E-state index contributed by atoms with van der Waals surface area (Å²) in [4.78, 5) is 4.52. The molecular weight excluding hydrogens is 473 g/mol. The lowest BCUT2D eigenvalue weighted by molar-refractivity contribution is 0.177. The third-order valence-electron chi connectivity index (χ3n) is 5.22. The maximum absolute atomic E-state index is 6.31. The molecule has 9 heteroatoms. The van der Waals surface area contributed by atoms with Crippen LogP contribution in [0.3, 0.4) is 0 Å². The molecule has 0 unspecified atom stereocenters. The molecule has 1 N–H and O–H groups in total. The Balaban J connectivity index is 1.28. The summed E-state index contributed by atoms with van der Waals surface area (Å²) in [5, 5.41) is 10.6. The SMILES string of the molecule is S=C(Nc1cnn(Cc2cccc(Cl)c2)c1)N1CCN(Cc2c(Cl)cccc2Cl)CC1. The molecule has 0 aliphatic carbocycles. The van der Waals surface area contributed by atoms with Gasteiger partial charge in [0.15, 0.2) is 5.11 Å². The van der Waals surface area contributed by atoms with E-state index in [0.717, 1.165) is 54.6 Å². The van der Waals surface area contributed by atoms with Crippen molar-refractivity contribution in [3.63, 3.8) is 0 Å². The van der Waals surface area contributed by atoms with E-state index < -0.39 is 0 Å². The van der Waals surface area contributed by atoms with Gasteiger partial charge in [-0.1, -0.05) is 53.0 Å². The molecule has 1 fully saturated rings. The molecule has 0 amide bonds. The second kappa shape index (κ2) is 10.2. The van der Waals surface area contributed by atoms with Crippen LogP contribution in [0.5, 0.6) is 0 Å². The number of hydrogen-bond donors (Lipinski definition) is 1. The normalized spacial score (nSPS) is 14.6. The second-order valence-corrected chi connectivity index (χ2v) is 9.09. The number of thiocarbonyl (C=S) groups is 1. The van der Waals surface area contributed by atoms with Crippen molar-refractivity contribution in [3.8, 4) is 0 Å². The van der Waals surface area contributed by atoms with Crippen LogP contribution >= 0.6 is 47.0 Å². The van der Waals surface area contributed by atoms with E-state index in [-0.39, 0.29) is 0 Å². The number of aromatic nitrogens is 2. The molecule has 3 aromatic rings. The van der Waals surface area contributed by atoms with E-state index in [4.69, 9.17) is 47.0 Å². The molecule has 1 aliphatic heterocycles. The van der Waals surface area contributed by atoms with Crippen molar-refractivity contribution in [3.05, 3.63) is 81.1 Å². The van der Waals surface area contributed by atoms with Gasteiger partial charge in [0.05, 0.1) is 18.4 Å². The van der Waals surface area contributed by atoms with Gasteiger partial charge in [0.2, 0.25) is 0 Å². The molecule has 0 saturated carbocycles. The first kappa shape index (κ1) is 22.4. The minimum absolute atomic E-state index is 0.651. The number of rotatable bonds is 5. The summed E-state index contributed by atoms with van der Waals surface area (Å²) in [6, 6.07) is 13.4. The molecule has 1 aliphatic rings. The highest BCUT2D eigenvalue weighted by atomic mass is 35.5. The third kappa shape index (κ3) is 5.90. The van der Waals surface area contributed by atoms with Crippen LogP contribution in [0, 0.1) is 0 Å². The average Bonchev–Trinajstić information content (AvgIpc) is 3.18. The zero-order valence-electron chi connectivity index (χ0n) is 16.8. The van der Waals surface area contributed by atoms with Gasteiger partial charge < -0.3 is 10.2 Å². The standard InChI is InChI=1S/C22H22Cl3N5S/c23-17-4-1-3-16(11-17)13-30-14-18(12-26-30)27-22(31)29-9-7-28(8-10-29)15-19-20(24)5-2-6-21(19)25/h1-6,11-12,14H,7-10,13,15H2,(H,27,31). The first-order valence-electron chi connectivity index (χ1n) is 9.96. The largest absolute Gasteiger partial charge is 0.346 e. The van der Waals surface area contributed by atoms with Crippen molar-refractivity contribution >= 4 is 57.8 Å². The molecule has 0 atom stereocenters. The number of nitrogens with zero attached hydrogens (tertiary/aromatic N) is 4. The fourth-order valence-corrected chi connectivity index (χ4v) is 4.59. The third-order valence-corrected chi connectivity index (χ3v) is 6.52. The Kier molecular flexibility index (Phi) is 7.35. The average molecular weight is 495 g/mol. The number of hydrogen-bond acceptors (Lipinski definition) is 3. The quantitative estimate of drug-likeness (QED) is 0.480. The summed E-state index contributed by atoms with van der Waals surface area (Å²) in [7, 11) is 0. The van der Waals surface area contributed by atoms with Crippen molar-refractivity contribution in [2.75, 3.05) is 31.5 Å². The number of benzene rings is 2. The zero-order chi connectivity index (χ0) is 21.8.